The van der Waals surface area contributed by atoms with Crippen LogP contribution in [0.5, 0.6) is 0 Å². The van der Waals surface area contributed by atoms with E-state index in [0.717, 1.165) is 0 Å². The van der Waals surface area contributed by atoms with Crippen molar-refractivity contribution in [3.05, 3.63) is 0 Å². The summed E-state index contributed by atoms with van der Waals surface area (Å²) in [5.41, 5.74) is 0. The fraction of sp³-hybridized carbons (Fsp3) is 0.500. The van der Waals surface area contributed by atoms with Crippen LogP contribution in [0.3, 0.4) is 0 Å². The summed E-state index contributed by atoms with van der Waals surface area (Å²) in [5.74, 6) is -10.1. The molecule has 1 radical (unpaired) electrons. The number of hydrogen-bond donors (Lipinski definition) is 0. The molecular formula is C24H30AlO18Ru. The van der Waals surface area contributed by atoms with Gasteiger partial charge in [0.25, 0.3) is 0 Å². The molecule has 0 saturated carbocycles. The molecule has 0 aliphatic carbocycles. The third-order valence-electron chi connectivity index (χ3n) is 2.36. The van der Waals surface area contributed by atoms with Crippen molar-refractivity contribution in [2.75, 3.05) is 0 Å². The molecule has 0 aromatic rings. The molecule has 0 heterocycles. The molecule has 0 aliphatic rings. The average molecular weight is 735 g/mol. The smallest absolute Gasteiger partial charge is 0.550 e. The monoisotopic (exact) mass is 735 g/mol. The number of rotatable bonds is 12. The standard InChI is InChI=1S/6C4H6O3.Al.Ru/c6*1-3(5)2-4(6)7;;/h6*2H2,1H3,(H,6,7);;/q;;;;;;2*+3/p-6. The molecule has 0 atom stereocenters. The molecule has 0 spiro atoms. The van der Waals surface area contributed by atoms with Gasteiger partial charge in [0.2, 0.25) is 0 Å². The summed E-state index contributed by atoms with van der Waals surface area (Å²) < 4.78 is 0. The second-order valence-electron chi connectivity index (χ2n) is 7.50. The van der Waals surface area contributed by atoms with Crippen LogP contribution in [0.4, 0.5) is 0 Å². The largest absolute Gasteiger partial charge is 3.00 e. The zero-order valence-electron chi connectivity index (χ0n) is 24.5. The molecule has 0 aromatic heterocycles. The molecule has 0 unspecified atom stereocenters. The first-order chi connectivity index (χ1) is 18.8. The summed E-state index contributed by atoms with van der Waals surface area (Å²) in [6, 6.07) is 0. The first-order valence-electron chi connectivity index (χ1n) is 10.9. The number of hydrogen-bond acceptors (Lipinski definition) is 18. The fourth-order valence-corrected chi connectivity index (χ4v) is 1.22. The first-order valence-corrected chi connectivity index (χ1v) is 10.9. The van der Waals surface area contributed by atoms with E-state index in [-0.39, 0.29) is 71.5 Å². The van der Waals surface area contributed by atoms with Crippen LogP contribution >= 0.6 is 0 Å². The van der Waals surface area contributed by atoms with Gasteiger partial charge in [0.1, 0.15) is 34.7 Å². The minimum atomic E-state index is -1.31. The van der Waals surface area contributed by atoms with Gasteiger partial charge in [-0.15, -0.1) is 0 Å². The molecule has 0 aromatic carbocycles. The normalized spacial score (nSPS) is 7.77. The van der Waals surface area contributed by atoms with Gasteiger partial charge in [-0.25, -0.2) is 0 Å². The number of aliphatic carboxylic acids is 6. The van der Waals surface area contributed by atoms with Crippen molar-refractivity contribution in [2.45, 2.75) is 80.1 Å². The number of ketones is 6. The molecule has 44 heavy (non-hydrogen) atoms. The summed E-state index contributed by atoms with van der Waals surface area (Å²) in [6.45, 7) is 7.22. The molecular weight excluding hydrogens is 704 g/mol. The van der Waals surface area contributed by atoms with Gasteiger partial charge in [-0.1, -0.05) is 0 Å². The van der Waals surface area contributed by atoms with Crippen molar-refractivity contribution in [3.63, 3.8) is 0 Å². The van der Waals surface area contributed by atoms with Gasteiger partial charge in [-0.2, -0.15) is 0 Å². The van der Waals surface area contributed by atoms with Crippen LogP contribution in [0.25, 0.3) is 0 Å². The van der Waals surface area contributed by atoms with Crippen molar-refractivity contribution < 1.29 is 108 Å². The number of carboxylic acid groups (broad SMARTS) is 6. The predicted molar refractivity (Wildman–Crippen MR) is 128 cm³/mol. The maximum Gasteiger partial charge on any atom is 3.00 e. The topological polar surface area (TPSA) is 343 Å². The van der Waals surface area contributed by atoms with Gasteiger partial charge in [0.05, 0.1) is 0 Å². The Balaban J connectivity index is -0.0000000584. The number of carboxylic acids is 6. The Labute approximate surface area is 275 Å². The van der Waals surface area contributed by atoms with Gasteiger partial charge in [-0.05, 0) is 41.5 Å². The number of Topliss-reactive ketones (excluding diaryl/α,β-unsaturated/α-hetero) is 6. The van der Waals surface area contributed by atoms with Crippen molar-refractivity contribution in [2.24, 2.45) is 0 Å². The molecule has 245 valence electrons. The predicted octanol–water partition coefficient (Wildman–Crippen LogP) is -8.09. The molecule has 0 saturated heterocycles. The molecule has 0 fully saturated rings. The fourth-order valence-electron chi connectivity index (χ4n) is 1.22. The zero-order chi connectivity index (χ0) is 35.2. The Hall–Kier alpha value is -4.00. The number of carbonyl (C=O) groups excluding carboxylic acids is 12. The third kappa shape index (κ3) is 130. The minimum absolute atomic E-state index is 0. The van der Waals surface area contributed by atoms with E-state index in [1.165, 1.54) is 41.5 Å². The van der Waals surface area contributed by atoms with E-state index in [9.17, 15) is 88.2 Å². The quantitative estimate of drug-likeness (QED) is 0.133. The Kier molecular flexibility index (Phi) is 52.7. The Bertz CT molecular complexity index is 714. The van der Waals surface area contributed by atoms with E-state index in [0.29, 0.717) is 0 Å². The summed E-state index contributed by atoms with van der Waals surface area (Å²) in [5, 5.41) is 56.9. The van der Waals surface area contributed by atoms with E-state index < -0.39 is 74.3 Å². The molecule has 0 rings (SSSR count). The number of carbonyl (C=O) groups is 12. The summed E-state index contributed by atoms with van der Waals surface area (Å²) in [6.07, 6.45) is -2.83. The average Bonchev–Trinajstić information content (AvgIpc) is 2.63. The van der Waals surface area contributed by atoms with E-state index in [2.05, 4.69) is 0 Å². The Morgan fingerprint density at radius 2 is 0.364 bits per heavy atom. The van der Waals surface area contributed by atoms with Crippen LogP contribution in [0.15, 0.2) is 0 Å². The van der Waals surface area contributed by atoms with Crippen LogP contribution in [0.2, 0.25) is 0 Å². The van der Waals surface area contributed by atoms with Gasteiger partial charge in [0.15, 0.2) is 0 Å². The third-order valence-corrected chi connectivity index (χ3v) is 2.36. The van der Waals surface area contributed by atoms with Gasteiger partial charge >= 0.3 is 36.8 Å². The van der Waals surface area contributed by atoms with E-state index in [4.69, 9.17) is 0 Å². The molecule has 0 N–H and O–H groups in total. The molecule has 0 bridgehead atoms. The van der Waals surface area contributed by atoms with Crippen LogP contribution in [0.1, 0.15) is 80.1 Å². The van der Waals surface area contributed by atoms with Crippen LogP contribution in [-0.2, 0) is 77.0 Å². The zero-order valence-corrected chi connectivity index (χ0v) is 27.4. The molecule has 0 aliphatic heterocycles. The Morgan fingerprint density at radius 3 is 0.364 bits per heavy atom. The maximum absolute atomic E-state index is 9.83. The van der Waals surface area contributed by atoms with Crippen LogP contribution in [0, 0.1) is 0 Å². The van der Waals surface area contributed by atoms with Crippen molar-refractivity contribution in [1.82, 2.24) is 0 Å². The van der Waals surface area contributed by atoms with Crippen LogP contribution in [-0.4, -0.2) is 87.9 Å². The van der Waals surface area contributed by atoms with Crippen LogP contribution < -0.4 is 30.6 Å². The molecule has 0 amide bonds. The van der Waals surface area contributed by atoms with Gasteiger partial charge in [0, 0.05) is 74.3 Å². The van der Waals surface area contributed by atoms with Gasteiger partial charge < -0.3 is 59.4 Å². The molecule has 20 heteroatoms. The second-order valence-corrected chi connectivity index (χ2v) is 7.50. The van der Waals surface area contributed by atoms with Crippen molar-refractivity contribution >= 4 is 87.9 Å². The summed E-state index contributed by atoms with van der Waals surface area (Å²) in [7, 11) is 0. The van der Waals surface area contributed by atoms with E-state index >= 15 is 0 Å². The van der Waals surface area contributed by atoms with Crippen molar-refractivity contribution in [3.8, 4) is 0 Å². The Morgan fingerprint density at radius 1 is 0.295 bits per heavy atom. The second kappa shape index (κ2) is 39.0. The summed E-state index contributed by atoms with van der Waals surface area (Å²) >= 11 is 0. The van der Waals surface area contributed by atoms with E-state index in [1.54, 1.807) is 0 Å². The SMILES string of the molecule is CC(=O)CC(=O)[O-].CC(=O)CC(=O)[O-].CC(=O)CC(=O)[O-].CC(=O)CC(=O)[O-].CC(=O)CC(=O)[O-].CC(=O)CC(=O)[O-].[Al+3].[Ru+3]. The van der Waals surface area contributed by atoms with E-state index in [1.807, 2.05) is 0 Å². The minimum Gasteiger partial charge on any atom is -0.550 e. The summed E-state index contributed by atoms with van der Waals surface area (Å²) in [4.78, 5) is 116. The molecule has 18 nitrogen and oxygen atoms in total. The van der Waals surface area contributed by atoms with Crippen molar-refractivity contribution in [1.29, 1.82) is 0 Å². The van der Waals surface area contributed by atoms with Gasteiger partial charge in [-0.3, -0.25) is 28.8 Å². The first kappa shape index (κ1) is 59.4. The maximum atomic E-state index is 9.83.